The van der Waals surface area contributed by atoms with Crippen molar-refractivity contribution >= 4 is 16.9 Å². The molecule has 1 amide bonds. The molecule has 0 radical (unpaired) electrons. The Hall–Kier alpha value is -2.88. The third kappa shape index (κ3) is 2.88. The monoisotopic (exact) mass is 307 g/mol. The minimum absolute atomic E-state index is 0.0554. The van der Waals surface area contributed by atoms with Gasteiger partial charge in [0.2, 0.25) is 5.43 Å². The van der Waals surface area contributed by atoms with Gasteiger partial charge in [0.05, 0.1) is 5.39 Å². The van der Waals surface area contributed by atoms with Crippen LogP contribution in [0.15, 0.2) is 64.0 Å². The number of carbonyl (C=O) groups excluding carboxylic acids is 1. The van der Waals surface area contributed by atoms with Crippen molar-refractivity contribution in [2.45, 2.75) is 13.5 Å². The van der Waals surface area contributed by atoms with Gasteiger partial charge in [-0.1, -0.05) is 36.4 Å². The second-order valence-electron chi connectivity index (χ2n) is 5.56. The summed E-state index contributed by atoms with van der Waals surface area (Å²) in [5.41, 5.74) is 2.40. The van der Waals surface area contributed by atoms with Gasteiger partial charge in [0, 0.05) is 13.6 Å². The Balaban J connectivity index is 1.92. The lowest BCUT2D eigenvalue weighted by Crippen LogP contribution is -2.30. The molecule has 0 aliphatic rings. The maximum Gasteiger partial charge on any atom is 0.261 e. The zero-order chi connectivity index (χ0) is 16.4. The van der Waals surface area contributed by atoms with Gasteiger partial charge in [-0.05, 0) is 30.2 Å². The highest BCUT2D eigenvalue weighted by Crippen LogP contribution is 2.14. The zero-order valence-electron chi connectivity index (χ0n) is 13.1. The van der Waals surface area contributed by atoms with Crippen molar-refractivity contribution < 1.29 is 9.21 Å². The molecule has 1 aromatic heterocycles. The zero-order valence-corrected chi connectivity index (χ0v) is 13.1. The summed E-state index contributed by atoms with van der Waals surface area (Å²) in [5, 5.41) is 0.419. The van der Waals surface area contributed by atoms with E-state index in [1.807, 2.05) is 31.2 Å². The van der Waals surface area contributed by atoms with E-state index in [2.05, 4.69) is 0 Å². The standard InChI is InChI=1S/C19H17NO3/c1-13-7-3-4-8-14(13)11-20(2)19(22)16-12-23-17-10-6-5-9-15(17)18(16)21/h3-10,12H,11H2,1-2H3. The Kier molecular flexibility index (Phi) is 3.98. The first kappa shape index (κ1) is 15.0. The van der Waals surface area contributed by atoms with Crippen molar-refractivity contribution in [3.05, 3.63) is 81.7 Å². The largest absolute Gasteiger partial charge is 0.463 e. The summed E-state index contributed by atoms with van der Waals surface area (Å²) in [6, 6.07) is 14.8. The maximum absolute atomic E-state index is 12.6. The molecule has 116 valence electrons. The molecule has 0 aliphatic carbocycles. The van der Waals surface area contributed by atoms with Crippen LogP contribution in [0.5, 0.6) is 0 Å². The van der Waals surface area contributed by atoms with Gasteiger partial charge in [0.15, 0.2) is 0 Å². The number of benzene rings is 2. The number of amides is 1. The Bertz CT molecular complexity index is 927. The Morgan fingerprint density at radius 3 is 2.57 bits per heavy atom. The van der Waals surface area contributed by atoms with Crippen molar-refractivity contribution in [3.63, 3.8) is 0 Å². The number of fused-ring (bicyclic) bond motifs is 1. The van der Waals surface area contributed by atoms with E-state index >= 15 is 0 Å². The molecule has 0 fully saturated rings. The van der Waals surface area contributed by atoms with Crippen LogP contribution in [0.4, 0.5) is 0 Å². The molecule has 0 spiro atoms. The van der Waals surface area contributed by atoms with Crippen molar-refractivity contribution in [3.8, 4) is 0 Å². The molecule has 1 heterocycles. The smallest absolute Gasteiger partial charge is 0.261 e. The first-order valence-electron chi connectivity index (χ1n) is 7.38. The lowest BCUT2D eigenvalue weighted by Gasteiger charge is -2.18. The van der Waals surface area contributed by atoms with Crippen LogP contribution in [0.3, 0.4) is 0 Å². The summed E-state index contributed by atoms with van der Waals surface area (Å²) >= 11 is 0. The lowest BCUT2D eigenvalue weighted by atomic mass is 10.1. The summed E-state index contributed by atoms with van der Waals surface area (Å²) in [6.07, 6.45) is 1.25. The topological polar surface area (TPSA) is 50.5 Å². The van der Waals surface area contributed by atoms with Crippen LogP contribution in [0.2, 0.25) is 0 Å². The van der Waals surface area contributed by atoms with Crippen molar-refractivity contribution in [1.29, 1.82) is 0 Å². The van der Waals surface area contributed by atoms with Crippen LogP contribution >= 0.6 is 0 Å². The number of para-hydroxylation sites is 1. The highest BCUT2D eigenvalue weighted by Gasteiger charge is 2.18. The van der Waals surface area contributed by atoms with Gasteiger partial charge in [-0.2, -0.15) is 0 Å². The number of rotatable bonds is 3. The fraction of sp³-hybridized carbons (Fsp3) is 0.158. The Morgan fingerprint density at radius 1 is 1.09 bits per heavy atom. The summed E-state index contributed by atoms with van der Waals surface area (Å²) in [5.74, 6) is -0.340. The number of hydrogen-bond acceptors (Lipinski definition) is 3. The first-order chi connectivity index (χ1) is 11.1. The van der Waals surface area contributed by atoms with E-state index < -0.39 is 0 Å². The van der Waals surface area contributed by atoms with Crippen LogP contribution in [-0.4, -0.2) is 17.9 Å². The van der Waals surface area contributed by atoms with E-state index in [1.54, 1.807) is 31.3 Å². The molecular formula is C19H17NO3. The lowest BCUT2D eigenvalue weighted by molar-refractivity contribution is 0.0781. The fourth-order valence-electron chi connectivity index (χ4n) is 2.55. The number of carbonyl (C=O) groups is 1. The van der Waals surface area contributed by atoms with Crippen molar-refractivity contribution in [2.75, 3.05) is 7.05 Å². The molecule has 3 aromatic rings. The normalized spacial score (nSPS) is 10.7. The molecule has 0 saturated carbocycles. The van der Waals surface area contributed by atoms with Crippen LogP contribution in [-0.2, 0) is 6.54 Å². The van der Waals surface area contributed by atoms with E-state index in [-0.39, 0.29) is 16.9 Å². The van der Waals surface area contributed by atoms with Crippen molar-refractivity contribution in [2.24, 2.45) is 0 Å². The predicted octanol–water partition coefficient (Wildman–Crippen LogP) is 3.37. The molecule has 2 aromatic carbocycles. The molecule has 0 atom stereocenters. The van der Waals surface area contributed by atoms with Gasteiger partial charge in [0.25, 0.3) is 5.91 Å². The fourth-order valence-corrected chi connectivity index (χ4v) is 2.55. The van der Waals surface area contributed by atoms with E-state index in [4.69, 9.17) is 4.42 Å². The minimum atomic E-state index is -0.340. The van der Waals surface area contributed by atoms with Gasteiger partial charge >= 0.3 is 0 Å². The second-order valence-corrected chi connectivity index (χ2v) is 5.56. The van der Waals surface area contributed by atoms with Gasteiger partial charge in [-0.3, -0.25) is 9.59 Å². The number of aryl methyl sites for hydroxylation is 1. The average molecular weight is 307 g/mol. The van der Waals surface area contributed by atoms with Gasteiger partial charge in [0.1, 0.15) is 17.4 Å². The molecule has 0 N–H and O–H groups in total. The molecule has 0 aliphatic heterocycles. The minimum Gasteiger partial charge on any atom is -0.463 e. The highest BCUT2D eigenvalue weighted by molar-refractivity contribution is 5.96. The Labute approximate surface area is 134 Å². The first-order valence-corrected chi connectivity index (χ1v) is 7.38. The highest BCUT2D eigenvalue weighted by atomic mass is 16.3. The molecule has 4 nitrogen and oxygen atoms in total. The quantitative estimate of drug-likeness (QED) is 0.745. The van der Waals surface area contributed by atoms with E-state index in [0.717, 1.165) is 11.1 Å². The SMILES string of the molecule is Cc1ccccc1CN(C)C(=O)c1coc2ccccc2c1=O. The van der Waals surface area contributed by atoms with Crippen LogP contribution < -0.4 is 5.43 Å². The molecule has 3 rings (SSSR count). The third-order valence-electron chi connectivity index (χ3n) is 3.93. The number of nitrogens with zero attached hydrogens (tertiary/aromatic N) is 1. The molecule has 0 bridgehead atoms. The molecule has 4 heteroatoms. The van der Waals surface area contributed by atoms with Gasteiger partial charge in [-0.15, -0.1) is 0 Å². The summed E-state index contributed by atoms with van der Waals surface area (Å²) in [6.45, 7) is 2.44. The summed E-state index contributed by atoms with van der Waals surface area (Å²) in [7, 11) is 1.68. The second kappa shape index (κ2) is 6.08. The molecule has 23 heavy (non-hydrogen) atoms. The maximum atomic E-state index is 12.6. The van der Waals surface area contributed by atoms with E-state index in [0.29, 0.717) is 17.5 Å². The van der Waals surface area contributed by atoms with Crippen LogP contribution in [0, 0.1) is 6.92 Å². The molecule has 0 unspecified atom stereocenters. The van der Waals surface area contributed by atoms with E-state index in [1.165, 1.54) is 11.2 Å². The van der Waals surface area contributed by atoms with Gasteiger partial charge in [-0.25, -0.2) is 0 Å². The number of hydrogen-bond donors (Lipinski definition) is 0. The van der Waals surface area contributed by atoms with Crippen LogP contribution in [0.25, 0.3) is 11.0 Å². The van der Waals surface area contributed by atoms with Crippen molar-refractivity contribution in [1.82, 2.24) is 4.90 Å². The average Bonchev–Trinajstić information content (AvgIpc) is 2.57. The molecular weight excluding hydrogens is 290 g/mol. The van der Waals surface area contributed by atoms with E-state index in [9.17, 15) is 9.59 Å². The molecule has 0 saturated heterocycles. The predicted molar refractivity (Wildman–Crippen MR) is 89.5 cm³/mol. The van der Waals surface area contributed by atoms with Gasteiger partial charge < -0.3 is 9.32 Å². The summed E-state index contributed by atoms with van der Waals surface area (Å²) in [4.78, 5) is 26.6. The Morgan fingerprint density at radius 2 is 1.78 bits per heavy atom. The summed E-state index contributed by atoms with van der Waals surface area (Å²) < 4.78 is 5.42. The van der Waals surface area contributed by atoms with Crippen LogP contribution in [0.1, 0.15) is 21.5 Å². The third-order valence-corrected chi connectivity index (χ3v) is 3.93.